The number of hydrogen-bond donors (Lipinski definition) is 0. The molecule has 0 bridgehead atoms. The minimum absolute atomic E-state index is 0.0932. The van der Waals surface area contributed by atoms with Crippen LogP contribution in [0.15, 0.2) is 48.9 Å². The van der Waals surface area contributed by atoms with Crippen molar-refractivity contribution >= 4 is 35.2 Å². The molecule has 0 saturated heterocycles. The molecule has 6 heteroatoms. The van der Waals surface area contributed by atoms with E-state index in [2.05, 4.69) is 20.1 Å². The van der Waals surface area contributed by atoms with E-state index in [4.69, 9.17) is 14.8 Å². The van der Waals surface area contributed by atoms with Gasteiger partial charge in [-0.15, -0.1) is 24.5 Å². The standard InChI is InChI=1S/C15H16O2S2.C2HNO.C2H4/c1-3-18-10-14-13(8-9-19-14)15(16)11-4-6-12(17-2)7-5-11;3-1-2-4;1-2/h4-9H,3,10H2,1-2H3;2H;1-2H2. The number of carbonyl (C=O) groups is 2. The Hall–Kier alpha value is -2.36. The third kappa shape index (κ3) is 7.84. The maximum Gasteiger partial charge on any atom is 0.219 e. The van der Waals surface area contributed by atoms with E-state index >= 15 is 0 Å². The zero-order valence-electron chi connectivity index (χ0n) is 14.4. The zero-order chi connectivity index (χ0) is 19.1. The molecule has 0 aliphatic rings. The fourth-order valence-corrected chi connectivity index (χ4v) is 3.47. The van der Waals surface area contributed by atoms with Crippen LogP contribution < -0.4 is 4.74 Å². The summed E-state index contributed by atoms with van der Waals surface area (Å²) in [5.41, 5.74) is 1.54. The summed E-state index contributed by atoms with van der Waals surface area (Å²) in [6.07, 6.45) is 0.181. The number of methoxy groups -OCH3 is 1. The third-order valence-corrected chi connectivity index (χ3v) is 4.84. The molecule has 132 valence electrons. The van der Waals surface area contributed by atoms with Gasteiger partial charge in [-0.1, -0.05) is 6.92 Å². The van der Waals surface area contributed by atoms with E-state index in [0.717, 1.165) is 27.7 Å². The van der Waals surface area contributed by atoms with Gasteiger partial charge in [0.05, 0.1) is 7.11 Å². The molecule has 0 amide bonds. The van der Waals surface area contributed by atoms with Gasteiger partial charge in [-0.2, -0.15) is 17.0 Å². The van der Waals surface area contributed by atoms with Crippen LogP contribution in [0.2, 0.25) is 0 Å². The van der Waals surface area contributed by atoms with E-state index in [1.807, 2.05) is 47.5 Å². The summed E-state index contributed by atoms with van der Waals surface area (Å²) in [6, 6.07) is 10.4. The molecule has 2 rings (SSSR count). The smallest absolute Gasteiger partial charge is 0.219 e. The van der Waals surface area contributed by atoms with Crippen molar-refractivity contribution in [2.24, 2.45) is 0 Å². The molecule has 2 aromatic rings. The quantitative estimate of drug-likeness (QED) is 0.315. The lowest BCUT2D eigenvalue weighted by Gasteiger charge is -2.04. The van der Waals surface area contributed by atoms with Crippen molar-refractivity contribution in [2.45, 2.75) is 12.7 Å². The van der Waals surface area contributed by atoms with Gasteiger partial charge < -0.3 is 4.74 Å². The molecule has 1 aromatic heterocycles. The number of benzene rings is 1. The minimum Gasteiger partial charge on any atom is -0.497 e. The summed E-state index contributed by atoms with van der Waals surface area (Å²) in [4.78, 5) is 22.4. The highest BCUT2D eigenvalue weighted by Gasteiger charge is 2.14. The second-order valence-corrected chi connectivity index (χ2v) is 6.47. The maximum absolute atomic E-state index is 12.4. The molecule has 1 heterocycles. The Morgan fingerprint density at radius 2 is 1.92 bits per heavy atom. The Kier molecular flexibility index (Phi) is 12.7. The zero-order valence-corrected chi connectivity index (χ0v) is 16.0. The summed E-state index contributed by atoms with van der Waals surface area (Å²) in [6.45, 7) is 8.13. The minimum atomic E-state index is 0.0932. The molecule has 1 aromatic carbocycles. The maximum atomic E-state index is 12.4. The van der Waals surface area contributed by atoms with Crippen molar-refractivity contribution in [3.63, 3.8) is 0 Å². The van der Waals surface area contributed by atoms with E-state index in [1.165, 1.54) is 6.07 Å². The molecule has 0 atom stereocenters. The molecule has 0 unspecified atom stereocenters. The highest BCUT2D eigenvalue weighted by atomic mass is 32.2. The van der Waals surface area contributed by atoms with E-state index in [-0.39, 0.29) is 12.1 Å². The number of carbonyl (C=O) groups excluding carboxylic acids is 2. The number of rotatable bonds is 6. The predicted molar refractivity (Wildman–Crippen MR) is 106 cm³/mol. The van der Waals surface area contributed by atoms with Crippen LogP contribution in [-0.4, -0.2) is 24.9 Å². The van der Waals surface area contributed by atoms with Crippen molar-refractivity contribution in [2.75, 3.05) is 12.9 Å². The summed E-state index contributed by atoms with van der Waals surface area (Å²) in [5, 5.41) is 9.25. The van der Waals surface area contributed by atoms with Crippen LogP contribution in [0.4, 0.5) is 0 Å². The van der Waals surface area contributed by atoms with Crippen LogP contribution in [0, 0.1) is 11.3 Å². The van der Waals surface area contributed by atoms with E-state index in [1.54, 1.807) is 18.4 Å². The first kappa shape index (κ1) is 22.6. The lowest BCUT2D eigenvalue weighted by molar-refractivity contribution is -0.103. The van der Waals surface area contributed by atoms with Gasteiger partial charge in [-0.3, -0.25) is 9.59 Å². The number of aldehydes is 1. The van der Waals surface area contributed by atoms with Crippen LogP contribution in [0.5, 0.6) is 5.75 Å². The monoisotopic (exact) mass is 375 g/mol. The number of hydrogen-bond acceptors (Lipinski definition) is 6. The molecule has 0 N–H and O–H groups in total. The molecule has 25 heavy (non-hydrogen) atoms. The second-order valence-electron chi connectivity index (χ2n) is 4.20. The van der Waals surface area contributed by atoms with Crippen LogP contribution in [-0.2, 0) is 10.5 Å². The summed E-state index contributed by atoms with van der Waals surface area (Å²) >= 11 is 3.49. The first-order valence-electron chi connectivity index (χ1n) is 7.34. The predicted octanol–water partition coefficient (Wildman–Crippen LogP) is 4.75. The summed E-state index contributed by atoms with van der Waals surface area (Å²) < 4.78 is 5.10. The van der Waals surface area contributed by atoms with Crippen molar-refractivity contribution < 1.29 is 14.3 Å². The largest absolute Gasteiger partial charge is 0.497 e. The molecular formula is C19H21NO3S2. The molecular weight excluding hydrogens is 354 g/mol. The average molecular weight is 376 g/mol. The van der Waals surface area contributed by atoms with Crippen molar-refractivity contribution in [3.05, 3.63) is 64.9 Å². The Labute approximate surface area is 157 Å². The number of thiophene rings is 1. The number of ketones is 1. The lowest BCUT2D eigenvalue weighted by atomic mass is 10.0. The molecule has 0 fully saturated rings. The van der Waals surface area contributed by atoms with Crippen LogP contribution in [0.25, 0.3) is 0 Å². The van der Waals surface area contributed by atoms with Gasteiger partial charge in [0.25, 0.3) is 0 Å². The van der Waals surface area contributed by atoms with Gasteiger partial charge in [0.2, 0.25) is 6.29 Å². The van der Waals surface area contributed by atoms with Crippen molar-refractivity contribution in [1.82, 2.24) is 0 Å². The number of ether oxygens (including phenoxy) is 1. The van der Waals surface area contributed by atoms with Crippen LogP contribution >= 0.6 is 23.1 Å². The van der Waals surface area contributed by atoms with Crippen LogP contribution in [0.1, 0.15) is 27.7 Å². The fourth-order valence-electron chi connectivity index (χ4n) is 1.75. The van der Waals surface area contributed by atoms with E-state index in [9.17, 15) is 4.79 Å². The molecule has 0 spiro atoms. The average Bonchev–Trinajstić information content (AvgIpc) is 3.16. The molecule has 0 aliphatic heterocycles. The van der Waals surface area contributed by atoms with Crippen molar-refractivity contribution in [1.29, 1.82) is 5.26 Å². The molecule has 0 aliphatic carbocycles. The van der Waals surface area contributed by atoms with E-state index < -0.39 is 0 Å². The summed E-state index contributed by atoms with van der Waals surface area (Å²) in [5.74, 6) is 2.83. The first-order chi connectivity index (χ1) is 12.2. The Balaban J connectivity index is 0.000000845. The Morgan fingerprint density at radius 1 is 1.32 bits per heavy atom. The molecule has 0 saturated carbocycles. The van der Waals surface area contributed by atoms with E-state index in [0.29, 0.717) is 5.56 Å². The van der Waals surface area contributed by atoms with Gasteiger partial charge in [0, 0.05) is 21.8 Å². The molecule has 0 radical (unpaired) electrons. The summed E-state index contributed by atoms with van der Waals surface area (Å²) in [7, 11) is 1.62. The highest BCUT2D eigenvalue weighted by Crippen LogP contribution is 2.25. The first-order valence-corrected chi connectivity index (χ1v) is 9.37. The van der Waals surface area contributed by atoms with Gasteiger partial charge in [0.1, 0.15) is 11.8 Å². The van der Waals surface area contributed by atoms with Gasteiger partial charge in [-0.25, -0.2) is 0 Å². The fraction of sp³-hybridized carbons (Fsp3) is 0.211. The second kappa shape index (κ2) is 14.0. The Bertz CT molecular complexity index is 687. The van der Waals surface area contributed by atoms with Gasteiger partial charge >= 0.3 is 0 Å². The Morgan fingerprint density at radius 3 is 2.40 bits per heavy atom. The lowest BCUT2D eigenvalue weighted by Crippen LogP contribution is -2.02. The van der Waals surface area contributed by atoms with Crippen LogP contribution in [0.3, 0.4) is 0 Å². The SMILES string of the molecule is C=C.CCSCc1sccc1C(=O)c1ccc(OC)cc1.N#CC=O. The van der Waals surface area contributed by atoms with Gasteiger partial charge in [0.15, 0.2) is 5.78 Å². The number of nitriles is 1. The van der Waals surface area contributed by atoms with Crippen molar-refractivity contribution in [3.8, 4) is 11.8 Å². The molecule has 4 nitrogen and oxygen atoms in total. The topological polar surface area (TPSA) is 67.2 Å². The van der Waals surface area contributed by atoms with Gasteiger partial charge in [-0.05, 0) is 41.5 Å². The highest BCUT2D eigenvalue weighted by molar-refractivity contribution is 7.98. The third-order valence-electron chi connectivity index (χ3n) is 2.83. The number of thioether (sulfide) groups is 1. The number of nitrogens with zero attached hydrogens (tertiary/aromatic N) is 1. The normalized spacial score (nSPS) is 8.68.